The molecule has 0 radical (unpaired) electrons. The van der Waals surface area contributed by atoms with Crippen LogP contribution in [0, 0.1) is 11.6 Å². The number of carbonyl (C=O) groups excluding carboxylic acids is 1. The Hall–Kier alpha value is -2.12. The second kappa shape index (κ2) is 7.43. The lowest BCUT2D eigenvalue weighted by Gasteiger charge is -2.14. The number of carbonyl (C=O) groups is 1. The Kier molecular flexibility index (Phi) is 5.57. The molecule has 4 nitrogen and oxygen atoms in total. The van der Waals surface area contributed by atoms with E-state index in [0.717, 1.165) is 12.1 Å². The van der Waals surface area contributed by atoms with Crippen LogP contribution >= 0.6 is 0 Å². The van der Waals surface area contributed by atoms with Crippen LogP contribution in [-0.2, 0) is 10.8 Å². The van der Waals surface area contributed by atoms with Crippen molar-refractivity contribution in [2.45, 2.75) is 11.0 Å². The van der Waals surface area contributed by atoms with Gasteiger partial charge in [0.15, 0.2) is 0 Å². The maximum Gasteiger partial charge on any atom is 0.251 e. The number of aliphatic hydroxyl groups excluding tert-OH is 1. The van der Waals surface area contributed by atoms with Crippen molar-refractivity contribution in [1.29, 1.82) is 0 Å². The third-order valence-electron chi connectivity index (χ3n) is 3.24. The van der Waals surface area contributed by atoms with Gasteiger partial charge in [-0.3, -0.25) is 9.00 Å². The van der Waals surface area contributed by atoms with E-state index >= 15 is 0 Å². The number of benzene rings is 2. The Labute approximate surface area is 134 Å². The summed E-state index contributed by atoms with van der Waals surface area (Å²) in [4.78, 5) is 12.5. The van der Waals surface area contributed by atoms with Gasteiger partial charge in [0.2, 0.25) is 0 Å². The van der Waals surface area contributed by atoms with E-state index in [2.05, 4.69) is 5.32 Å². The number of hydrogen-bond acceptors (Lipinski definition) is 3. The largest absolute Gasteiger partial charge is 0.386 e. The molecule has 2 atom stereocenters. The number of rotatable bonds is 5. The van der Waals surface area contributed by atoms with Gasteiger partial charge in [-0.25, -0.2) is 8.78 Å². The summed E-state index contributed by atoms with van der Waals surface area (Å²) < 4.78 is 38.3. The first-order valence-corrected chi connectivity index (χ1v) is 8.29. The first-order valence-electron chi connectivity index (χ1n) is 6.74. The highest BCUT2D eigenvalue weighted by Crippen LogP contribution is 2.20. The minimum Gasteiger partial charge on any atom is -0.386 e. The molecule has 0 aliphatic rings. The second-order valence-electron chi connectivity index (χ2n) is 4.84. The molecular weight excluding hydrogens is 324 g/mol. The van der Waals surface area contributed by atoms with Crippen LogP contribution in [0.3, 0.4) is 0 Å². The lowest BCUT2D eigenvalue weighted by atomic mass is 10.1. The van der Waals surface area contributed by atoms with Crippen LogP contribution in [0.25, 0.3) is 0 Å². The van der Waals surface area contributed by atoms with Gasteiger partial charge in [-0.1, -0.05) is 6.07 Å². The normalized spacial score (nSPS) is 13.4. The molecule has 0 saturated carbocycles. The number of aliphatic hydroxyl groups is 1. The molecule has 2 N–H and O–H groups in total. The molecule has 2 rings (SSSR count). The summed E-state index contributed by atoms with van der Waals surface area (Å²) in [5.41, 5.74) is -0.190. The smallest absolute Gasteiger partial charge is 0.251 e. The minimum atomic E-state index is -1.50. The average molecular weight is 339 g/mol. The molecule has 23 heavy (non-hydrogen) atoms. The third-order valence-corrected chi connectivity index (χ3v) is 4.17. The first-order chi connectivity index (χ1) is 10.9. The summed E-state index contributed by atoms with van der Waals surface area (Å²) in [6.45, 7) is -0.335. The molecule has 0 aliphatic carbocycles. The van der Waals surface area contributed by atoms with Crippen LogP contribution in [0.4, 0.5) is 8.78 Å². The van der Waals surface area contributed by atoms with Gasteiger partial charge in [-0.15, -0.1) is 0 Å². The molecule has 0 bridgehead atoms. The van der Waals surface area contributed by atoms with Crippen molar-refractivity contribution in [1.82, 2.24) is 5.32 Å². The number of nitrogens with one attached hydrogen (secondary N) is 1. The maximum atomic E-state index is 13.5. The quantitative estimate of drug-likeness (QED) is 0.877. The fourth-order valence-corrected chi connectivity index (χ4v) is 2.54. The van der Waals surface area contributed by atoms with Gasteiger partial charge >= 0.3 is 0 Å². The zero-order chi connectivity index (χ0) is 17.0. The Morgan fingerprint density at radius 2 is 1.74 bits per heavy atom. The standard InChI is InChI=1S/C16H15F2NO3S/c1-23(22)11-7-5-10(6-8-11)16(21)19-9-14(20)15-12(17)3-2-4-13(15)18/h2-8,14,20H,9H2,1H3,(H,19,21). The van der Waals surface area contributed by atoms with E-state index in [-0.39, 0.29) is 6.54 Å². The SMILES string of the molecule is CS(=O)c1ccc(C(=O)NCC(O)c2c(F)cccc2F)cc1. The maximum absolute atomic E-state index is 13.5. The van der Waals surface area contributed by atoms with E-state index in [0.29, 0.717) is 10.5 Å². The van der Waals surface area contributed by atoms with Crippen LogP contribution in [-0.4, -0.2) is 28.0 Å². The molecule has 7 heteroatoms. The van der Waals surface area contributed by atoms with E-state index in [9.17, 15) is 22.9 Å². The van der Waals surface area contributed by atoms with Crippen LogP contribution in [0.2, 0.25) is 0 Å². The number of amides is 1. The third kappa shape index (κ3) is 4.20. The molecular formula is C16H15F2NO3S. The van der Waals surface area contributed by atoms with E-state index in [1.807, 2.05) is 0 Å². The Balaban J connectivity index is 2.02. The van der Waals surface area contributed by atoms with E-state index in [1.165, 1.54) is 24.5 Å². The number of halogens is 2. The van der Waals surface area contributed by atoms with Crippen molar-refractivity contribution >= 4 is 16.7 Å². The van der Waals surface area contributed by atoms with E-state index in [1.54, 1.807) is 12.1 Å². The highest BCUT2D eigenvalue weighted by Gasteiger charge is 2.18. The molecule has 0 saturated heterocycles. The molecule has 0 fully saturated rings. The molecule has 2 aromatic rings. The molecule has 0 heterocycles. The molecule has 0 spiro atoms. The van der Waals surface area contributed by atoms with Crippen LogP contribution < -0.4 is 5.32 Å². The van der Waals surface area contributed by atoms with Crippen LogP contribution in [0.15, 0.2) is 47.4 Å². The summed E-state index contributed by atoms with van der Waals surface area (Å²) in [6, 6.07) is 9.35. The summed E-state index contributed by atoms with van der Waals surface area (Å²) in [5, 5.41) is 12.3. The zero-order valence-corrected chi connectivity index (χ0v) is 13.1. The van der Waals surface area contributed by atoms with Crippen molar-refractivity contribution in [3.05, 3.63) is 65.2 Å². The topological polar surface area (TPSA) is 66.4 Å². The van der Waals surface area contributed by atoms with E-state index in [4.69, 9.17) is 0 Å². The molecule has 122 valence electrons. The Bertz CT molecular complexity index is 714. The monoisotopic (exact) mass is 339 g/mol. The first kappa shape index (κ1) is 17.2. The fourth-order valence-electron chi connectivity index (χ4n) is 2.02. The van der Waals surface area contributed by atoms with E-state index < -0.39 is 40.0 Å². The summed E-state index contributed by atoms with van der Waals surface area (Å²) in [6.07, 6.45) is 0.0246. The molecule has 0 aromatic heterocycles. The van der Waals surface area contributed by atoms with Crippen LogP contribution in [0.5, 0.6) is 0 Å². The minimum absolute atomic E-state index is 0.292. The predicted octanol–water partition coefficient (Wildman–Crippen LogP) is 2.17. The van der Waals surface area contributed by atoms with Crippen molar-refractivity contribution in [3.8, 4) is 0 Å². The van der Waals surface area contributed by atoms with Gasteiger partial charge in [0.1, 0.15) is 17.7 Å². The van der Waals surface area contributed by atoms with Gasteiger partial charge < -0.3 is 10.4 Å². The van der Waals surface area contributed by atoms with Gasteiger partial charge in [0, 0.05) is 34.1 Å². The average Bonchev–Trinajstić information content (AvgIpc) is 2.52. The van der Waals surface area contributed by atoms with Gasteiger partial charge in [-0.2, -0.15) is 0 Å². The second-order valence-corrected chi connectivity index (χ2v) is 6.22. The summed E-state index contributed by atoms with van der Waals surface area (Å²) >= 11 is 0. The fraction of sp³-hybridized carbons (Fsp3) is 0.188. The summed E-state index contributed by atoms with van der Waals surface area (Å²) in [7, 11) is -1.15. The van der Waals surface area contributed by atoms with Gasteiger partial charge in [0.25, 0.3) is 5.91 Å². The highest BCUT2D eigenvalue weighted by atomic mass is 32.2. The molecule has 0 aliphatic heterocycles. The lowest BCUT2D eigenvalue weighted by Crippen LogP contribution is -2.29. The number of hydrogen-bond donors (Lipinski definition) is 2. The summed E-state index contributed by atoms with van der Waals surface area (Å²) in [5.74, 6) is -2.25. The highest BCUT2D eigenvalue weighted by molar-refractivity contribution is 7.84. The van der Waals surface area contributed by atoms with Gasteiger partial charge in [0.05, 0.1) is 5.56 Å². The van der Waals surface area contributed by atoms with Crippen molar-refractivity contribution in [3.63, 3.8) is 0 Å². The Morgan fingerprint density at radius 3 is 2.26 bits per heavy atom. The van der Waals surface area contributed by atoms with Gasteiger partial charge in [-0.05, 0) is 36.4 Å². The van der Waals surface area contributed by atoms with Crippen molar-refractivity contribution < 1.29 is 22.9 Å². The van der Waals surface area contributed by atoms with Crippen molar-refractivity contribution in [2.24, 2.45) is 0 Å². The molecule has 2 unspecified atom stereocenters. The zero-order valence-electron chi connectivity index (χ0n) is 12.3. The lowest BCUT2D eigenvalue weighted by molar-refractivity contribution is 0.0911. The molecule has 1 amide bonds. The molecule has 2 aromatic carbocycles. The van der Waals surface area contributed by atoms with Crippen LogP contribution in [0.1, 0.15) is 22.0 Å². The van der Waals surface area contributed by atoms with Crippen molar-refractivity contribution in [2.75, 3.05) is 12.8 Å². The Morgan fingerprint density at radius 1 is 1.17 bits per heavy atom. The predicted molar refractivity (Wildman–Crippen MR) is 82.4 cm³/mol.